The van der Waals surface area contributed by atoms with Gasteiger partial charge in [0.1, 0.15) is 5.75 Å². The van der Waals surface area contributed by atoms with Crippen LogP contribution in [0.15, 0.2) is 18.2 Å². The van der Waals surface area contributed by atoms with E-state index in [0.717, 1.165) is 29.8 Å². The molecule has 0 heterocycles. The topological polar surface area (TPSA) is 21.3 Å². The highest BCUT2D eigenvalue weighted by Crippen LogP contribution is 2.26. The summed E-state index contributed by atoms with van der Waals surface area (Å²) in [5.74, 6) is 0.875. The Morgan fingerprint density at radius 1 is 1.39 bits per heavy atom. The molecule has 1 N–H and O–H groups in total. The van der Waals surface area contributed by atoms with Gasteiger partial charge in [-0.05, 0) is 38.4 Å². The van der Waals surface area contributed by atoms with Crippen molar-refractivity contribution in [3.63, 3.8) is 0 Å². The van der Waals surface area contributed by atoms with Crippen molar-refractivity contribution in [1.82, 2.24) is 5.32 Å². The maximum atomic E-state index is 12.1. The zero-order valence-corrected chi connectivity index (χ0v) is 11.6. The van der Waals surface area contributed by atoms with E-state index in [2.05, 4.69) is 31.3 Å². The Kier molecular flexibility index (Phi) is 6.73. The molecule has 1 aromatic rings. The summed E-state index contributed by atoms with van der Waals surface area (Å²) in [5, 5.41) is 3.44. The molecule has 0 spiro atoms. The van der Waals surface area contributed by atoms with Crippen molar-refractivity contribution in [2.24, 2.45) is 0 Å². The molecule has 3 heteroatoms. The Balaban J connectivity index is 2.74. The lowest BCUT2D eigenvalue weighted by molar-refractivity contribution is 0.284. The molecular formula is C15H24FNO. The monoisotopic (exact) mass is 253 g/mol. The molecule has 18 heavy (non-hydrogen) atoms. The maximum absolute atomic E-state index is 12.1. The predicted molar refractivity (Wildman–Crippen MR) is 74.0 cm³/mol. The highest BCUT2D eigenvalue weighted by molar-refractivity contribution is 5.39. The molecule has 0 amide bonds. The van der Waals surface area contributed by atoms with Crippen LogP contribution >= 0.6 is 0 Å². The fourth-order valence-electron chi connectivity index (χ4n) is 1.83. The van der Waals surface area contributed by atoms with Crippen LogP contribution in [0.25, 0.3) is 0 Å². The van der Waals surface area contributed by atoms with Gasteiger partial charge < -0.3 is 10.1 Å². The number of benzene rings is 1. The quantitative estimate of drug-likeness (QED) is 0.712. The Morgan fingerprint density at radius 3 is 2.83 bits per heavy atom. The average molecular weight is 253 g/mol. The number of rotatable bonds is 8. The lowest BCUT2D eigenvalue weighted by Crippen LogP contribution is -2.20. The molecule has 1 rings (SSSR count). The van der Waals surface area contributed by atoms with Gasteiger partial charge in [-0.15, -0.1) is 0 Å². The largest absolute Gasteiger partial charge is 0.493 e. The molecule has 1 atom stereocenters. The number of alkyl halides is 1. The fourth-order valence-corrected chi connectivity index (χ4v) is 1.83. The van der Waals surface area contributed by atoms with Crippen LogP contribution < -0.4 is 10.1 Å². The minimum atomic E-state index is -0.329. The Labute approximate surface area is 110 Å². The molecule has 0 saturated heterocycles. The average Bonchev–Trinajstić information content (AvgIpc) is 2.36. The molecular weight excluding hydrogens is 229 g/mol. The molecule has 0 radical (unpaired) electrons. The lowest BCUT2D eigenvalue weighted by Gasteiger charge is -2.18. The highest BCUT2D eigenvalue weighted by atomic mass is 19.1. The van der Waals surface area contributed by atoms with Gasteiger partial charge in [-0.3, -0.25) is 4.39 Å². The summed E-state index contributed by atoms with van der Waals surface area (Å²) in [6, 6.07) is 6.46. The standard InChI is InChI=1S/C15H24FNO/c1-4-9-17-13(3)14-7-6-12(2)11-15(14)18-10-5-8-16/h6-7,11,13,17H,4-5,8-10H2,1-3H3. The zero-order chi connectivity index (χ0) is 13.4. The molecule has 0 fully saturated rings. The Bertz CT molecular complexity index is 354. The number of halogens is 1. The second kappa shape index (κ2) is 8.09. The lowest BCUT2D eigenvalue weighted by atomic mass is 10.0. The third-order valence-corrected chi connectivity index (χ3v) is 2.87. The van der Waals surface area contributed by atoms with E-state index in [-0.39, 0.29) is 12.7 Å². The first-order valence-corrected chi connectivity index (χ1v) is 6.71. The van der Waals surface area contributed by atoms with Gasteiger partial charge in [0, 0.05) is 18.0 Å². The van der Waals surface area contributed by atoms with Crippen molar-refractivity contribution in [3.05, 3.63) is 29.3 Å². The van der Waals surface area contributed by atoms with E-state index in [0.29, 0.717) is 13.0 Å². The van der Waals surface area contributed by atoms with Crippen molar-refractivity contribution in [3.8, 4) is 5.75 Å². The summed E-state index contributed by atoms with van der Waals surface area (Å²) in [5.41, 5.74) is 2.31. The third-order valence-electron chi connectivity index (χ3n) is 2.87. The summed E-state index contributed by atoms with van der Waals surface area (Å²) in [7, 11) is 0. The predicted octanol–water partition coefficient (Wildman–Crippen LogP) is 3.79. The van der Waals surface area contributed by atoms with E-state index >= 15 is 0 Å². The van der Waals surface area contributed by atoms with Crippen LogP contribution in [0, 0.1) is 6.92 Å². The van der Waals surface area contributed by atoms with Gasteiger partial charge in [0.15, 0.2) is 0 Å². The van der Waals surface area contributed by atoms with Gasteiger partial charge in [0.25, 0.3) is 0 Å². The summed E-state index contributed by atoms with van der Waals surface area (Å²) < 4.78 is 17.8. The number of aryl methyl sites for hydroxylation is 1. The van der Waals surface area contributed by atoms with Crippen LogP contribution in [-0.2, 0) is 0 Å². The molecule has 2 nitrogen and oxygen atoms in total. The zero-order valence-electron chi connectivity index (χ0n) is 11.6. The van der Waals surface area contributed by atoms with E-state index < -0.39 is 0 Å². The van der Waals surface area contributed by atoms with E-state index in [1.165, 1.54) is 0 Å². The summed E-state index contributed by atoms with van der Waals surface area (Å²) in [4.78, 5) is 0. The van der Waals surface area contributed by atoms with Gasteiger partial charge in [-0.25, -0.2) is 0 Å². The number of hydrogen-bond donors (Lipinski definition) is 1. The first kappa shape index (κ1) is 15.0. The van der Waals surface area contributed by atoms with Crippen LogP contribution in [-0.4, -0.2) is 19.8 Å². The molecule has 102 valence electrons. The summed E-state index contributed by atoms with van der Waals surface area (Å²) in [6.45, 7) is 7.41. The molecule has 0 aromatic heterocycles. The molecule has 0 bridgehead atoms. The van der Waals surface area contributed by atoms with Crippen LogP contribution in [0.5, 0.6) is 5.75 Å². The van der Waals surface area contributed by atoms with Crippen molar-refractivity contribution >= 4 is 0 Å². The van der Waals surface area contributed by atoms with E-state index in [1.807, 2.05) is 13.0 Å². The Hall–Kier alpha value is -1.09. The van der Waals surface area contributed by atoms with Crippen LogP contribution in [0.2, 0.25) is 0 Å². The second-order valence-corrected chi connectivity index (χ2v) is 4.61. The summed E-state index contributed by atoms with van der Waals surface area (Å²) in [6.07, 6.45) is 1.55. The van der Waals surface area contributed by atoms with Gasteiger partial charge in [-0.2, -0.15) is 0 Å². The fraction of sp³-hybridized carbons (Fsp3) is 0.600. The molecule has 1 aromatic carbocycles. The van der Waals surface area contributed by atoms with Crippen LogP contribution in [0.1, 0.15) is 43.9 Å². The van der Waals surface area contributed by atoms with Crippen molar-refractivity contribution in [2.45, 2.75) is 39.7 Å². The first-order valence-electron chi connectivity index (χ1n) is 6.71. The maximum Gasteiger partial charge on any atom is 0.124 e. The molecule has 0 aliphatic heterocycles. The van der Waals surface area contributed by atoms with E-state index in [9.17, 15) is 4.39 Å². The Morgan fingerprint density at radius 2 is 2.17 bits per heavy atom. The minimum absolute atomic E-state index is 0.255. The van der Waals surface area contributed by atoms with Crippen molar-refractivity contribution < 1.29 is 9.13 Å². The highest BCUT2D eigenvalue weighted by Gasteiger charge is 2.11. The third kappa shape index (κ3) is 4.65. The van der Waals surface area contributed by atoms with Gasteiger partial charge in [0.2, 0.25) is 0 Å². The smallest absolute Gasteiger partial charge is 0.124 e. The molecule has 0 aliphatic carbocycles. The van der Waals surface area contributed by atoms with Crippen LogP contribution in [0.4, 0.5) is 4.39 Å². The number of hydrogen-bond acceptors (Lipinski definition) is 2. The van der Waals surface area contributed by atoms with Gasteiger partial charge in [-0.1, -0.05) is 19.1 Å². The van der Waals surface area contributed by atoms with E-state index in [4.69, 9.17) is 4.74 Å². The normalized spacial score (nSPS) is 12.4. The number of nitrogens with one attached hydrogen (secondary N) is 1. The van der Waals surface area contributed by atoms with Gasteiger partial charge in [0.05, 0.1) is 13.3 Å². The van der Waals surface area contributed by atoms with E-state index in [1.54, 1.807) is 0 Å². The summed E-state index contributed by atoms with van der Waals surface area (Å²) >= 11 is 0. The first-order chi connectivity index (χ1) is 8.69. The number of ether oxygens (including phenoxy) is 1. The van der Waals surface area contributed by atoms with Crippen molar-refractivity contribution in [1.29, 1.82) is 0 Å². The van der Waals surface area contributed by atoms with Gasteiger partial charge >= 0.3 is 0 Å². The molecule has 0 saturated carbocycles. The SMILES string of the molecule is CCCNC(C)c1ccc(C)cc1OCCCF. The molecule has 0 aliphatic rings. The minimum Gasteiger partial charge on any atom is -0.493 e. The van der Waals surface area contributed by atoms with Crippen LogP contribution in [0.3, 0.4) is 0 Å². The van der Waals surface area contributed by atoms with Crippen molar-refractivity contribution in [2.75, 3.05) is 19.8 Å². The second-order valence-electron chi connectivity index (χ2n) is 4.61. The molecule has 1 unspecified atom stereocenters.